The summed E-state index contributed by atoms with van der Waals surface area (Å²) in [4.78, 5) is 24.7. The number of thiophene rings is 1. The molecule has 1 aliphatic heterocycles. The molecular weight excluding hydrogens is 290 g/mol. The number of carboxylic acids is 1. The molecule has 0 saturated carbocycles. The van der Waals surface area contributed by atoms with Crippen LogP contribution in [-0.2, 0) is 9.53 Å². The second kappa shape index (κ2) is 5.13. The largest absolute Gasteiger partial charge is 0.480 e. The van der Waals surface area contributed by atoms with E-state index in [1.54, 1.807) is 16.2 Å². The van der Waals surface area contributed by atoms with Crippen LogP contribution < -0.4 is 0 Å². The minimum absolute atomic E-state index is 0.0242. The van der Waals surface area contributed by atoms with Gasteiger partial charge in [-0.3, -0.25) is 4.79 Å². The van der Waals surface area contributed by atoms with E-state index in [4.69, 9.17) is 9.84 Å². The highest BCUT2D eigenvalue weighted by atomic mass is 32.1. The van der Waals surface area contributed by atoms with Crippen LogP contribution in [0, 0.1) is 0 Å². The van der Waals surface area contributed by atoms with E-state index in [9.17, 15) is 9.59 Å². The van der Waals surface area contributed by atoms with Crippen LogP contribution in [0.1, 0.15) is 17.3 Å². The highest BCUT2D eigenvalue weighted by molar-refractivity contribution is 7.17. The fraction of sp³-hybridized carbons (Fsp3) is 0.333. The summed E-state index contributed by atoms with van der Waals surface area (Å²) in [6.45, 7) is 2.33. The minimum Gasteiger partial charge on any atom is -0.480 e. The second-order valence-electron chi connectivity index (χ2n) is 5.44. The fourth-order valence-corrected chi connectivity index (χ4v) is 3.48. The van der Waals surface area contributed by atoms with Crippen LogP contribution in [-0.4, -0.2) is 47.2 Å². The van der Waals surface area contributed by atoms with Crippen molar-refractivity contribution in [2.24, 2.45) is 0 Å². The van der Waals surface area contributed by atoms with Crippen LogP contribution in [0.4, 0.5) is 0 Å². The molecule has 6 heteroatoms. The summed E-state index contributed by atoms with van der Waals surface area (Å²) >= 11 is 1.55. The summed E-state index contributed by atoms with van der Waals surface area (Å²) in [5.74, 6) is -1.02. The molecule has 0 spiro atoms. The molecule has 0 bridgehead atoms. The summed E-state index contributed by atoms with van der Waals surface area (Å²) in [6.07, 6.45) is 0. The molecule has 1 aromatic carbocycles. The van der Waals surface area contributed by atoms with Gasteiger partial charge in [0.2, 0.25) is 0 Å². The van der Waals surface area contributed by atoms with Crippen LogP contribution in [0.15, 0.2) is 29.6 Å². The average molecular weight is 305 g/mol. The number of hydrogen-bond acceptors (Lipinski definition) is 4. The Hall–Kier alpha value is -1.92. The Bertz CT molecular complexity index is 703. The fourth-order valence-electron chi connectivity index (χ4n) is 2.55. The number of benzene rings is 1. The van der Waals surface area contributed by atoms with Crippen molar-refractivity contribution in [3.63, 3.8) is 0 Å². The molecule has 0 unspecified atom stereocenters. The first kappa shape index (κ1) is 14.0. The number of ether oxygens (including phenoxy) is 1. The van der Waals surface area contributed by atoms with Crippen molar-refractivity contribution >= 4 is 33.3 Å². The Morgan fingerprint density at radius 1 is 1.38 bits per heavy atom. The number of hydrogen-bond donors (Lipinski definition) is 1. The van der Waals surface area contributed by atoms with Crippen LogP contribution in [0.5, 0.6) is 0 Å². The van der Waals surface area contributed by atoms with Crippen molar-refractivity contribution in [1.29, 1.82) is 0 Å². The lowest BCUT2D eigenvalue weighted by atomic mass is 9.95. The van der Waals surface area contributed by atoms with Gasteiger partial charge in [0.25, 0.3) is 5.91 Å². The van der Waals surface area contributed by atoms with Gasteiger partial charge in [-0.25, -0.2) is 4.79 Å². The zero-order valence-electron chi connectivity index (χ0n) is 11.5. The molecule has 1 saturated heterocycles. The molecule has 0 atom stereocenters. The molecule has 3 rings (SSSR count). The number of carbonyl (C=O) groups excluding carboxylic acids is 1. The third-order valence-corrected chi connectivity index (χ3v) is 4.56. The smallest absolute Gasteiger partial charge is 0.329 e. The quantitative estimate of drug-likeness (QED) is 0.940. The second-order valence-corrected chi connectivity index (χ2v) is 6.35. The van der Waals surface area contributed by atoms with Crippen molar-refractivity contribution in [1.82, 2.24) is 4.90 Å². The van der Waals surface area contributed by atoms with Gasteiger partial charge in [0, 0.05) is 15.5 Å². The molecule has 1 aromatic heterocycles. The molecule has 1 fully saturated rings. The number of carbonyl (C=O) groups is 2. The molecule has 1 aliphatic rings. The van der Waals surface area contributed by atoms with E-state index in [1.807, 2.05) is 36.6 Å². The van der Waals surface area contributed by atoms with Gasteiger partial charge in [-0.15, -0.1) is 11.3 Å². The lowest BCUT2D eigenvalue weighted by Crippen LogP contribution is -2.63. The maximum Gasteiger partial charge on any atom is 0.329 e. The number of nitrogens with zero attached hydrogens (tertiary/aromatic N) is 1. The average Bonchev–Trinajstić information content (AvgIpc) is 2.85. The Kier molecular flexibility index (Phi) is 3.43. The maximum absolute atomic E-state index is 12.5. The van der Waals surface area contributed by atoms with Crippen molar-refractivity contribution in [3.8, 4) is 0 Å². The topological polar surface area (TPSA) is 66.8 Å². The standard InChI is InChI=1S/C15H15NO4S/c1-15(20-6-13(17)18)8-16(9-15)14(19)11-7-21-12-5-3-2-4-10(11)12/h2-5,7H,6,8-9H2,1H3,(H,17,18). The zero-order valence-corrected chi connectivity index (χ0v) is 12.4. The molecule has 21 heavy (non-hydrogen) atoms. The van der Waals surface area contributed by atoms with Crippen molar-refractivity contribution in [2.45, 2.75) is 12.5 Å². The predicted molar refractivity (Wildman–Crippen MR) is 79.7 cm³/mol. The summed E-state index contributed by atoms with van der Waals surface area (Å²) in [6, 6.07) is 7.81. The lowest BCUT2D eigenvalue weighted by molar-refractivity contribution is -0.159. The van der Waals surface area contributed by atoms with E-state index in [2.05, 4.69) is 0 Å². The zero-order chi connectivity index (χ0) is 15.0. The van der Waals surface area contributed by atoms with Gasteiger partial charge in [0.15, 0.2) is 0 Å². The van der Waals surface area contributed by atoms with E-state index >= 15 is 0 Å². The van der Waals surface area contributed by atoms with Gasteiger partial charge in [0.05, 0.1) is 18.7 Å². The van der Waals surface area contributed by atoms with Gasteiger partial charge >= 0.3 is 5.97 Å². The molecule has 5 nitrogen and oxygen atoms in total. The van der Waals surface area contributed by atoms with Crippen LogP contribution in [0.2, 0.25) is 0 Å². The van der Waals surface area contributed by atoms with E-state index in [1.165, 1.54) is 0 Å². The summed E-state index contributed by atoms with van der Waals surface area (Å²) < 4.78 is 6.41. The third kappa shape index (κ3) is 2.64. The van der Waals surface area contributed by atoms with Crippen molar-refractivity contribution in [2.75, 3.05) is 19.7 Å². The van der Waals surface area contributed by atoms with Gasteiger partial charge in [0.1, 0.15) is 12.2 Å². The molecular formula is C15H15NO4S. The first-order valence-electron chi connectivity index (χ1n) is 6.60. The minimum atomic E-state index is -0.996. The molecule has 2 aromatic rings. The molecule has 1 amide bonds. The van der Waals surface area contributed by atoms with Crippen molar-refractivity contribution in [3.05, 3.63) is 35.2 Å². The highest BCUT2D eigenvalue weighted by Gasteiger charge is 2.43. The normalized spacial score (nSPS) is 16.7. The highest BCUT2D eigenvalue weighted by Crippen LogP contribution is 2.31. The summed E-state index contributed by atoms with van der Waals surface area (Å²) in [5.41, 5.74) is 0.149. The Morgan fingerprint density at radius 3 is 2.81 bits per heavy atom. The summed E-state index contributed by atoms with van der Waals surface area (Å²) in [7, 11) is 0. The monoisotopic (exact) mass is 305 g/mol. The summed E-state index contributed by atoms with van der Waals surface area (Å²) in [5, 5.41) is 11.5. The number of aliphatic carboxylic acids is 1. The molecule has 0 aliphatic carbocycles. The van der Waals surface area contributed by atoms with E-state index in [0.29, 0.717) is 18.7 Å². The van der Waals surface area contributed by atoms with E-state index in [0.717, 1.165) is 10.1 Å². The number of likely N-dealkylation sites (tertiary alicyclic amines) is 1. The van der Waals surface area contributed by atoms with Crippen molar-refractivity contribution < 1.29 is 19.4 Å². The Morgan fingerprint density at radius 2 is 2.10 bits per heavy atom. The van der Waals surface area contributed by atoms with Gasteiger partial charge < -0.3 is 14.7 Å². The number of amides is 1. The van der Waals surface area contributed by atoms with Crippen LogP contribution >= 0.6 is 11.3 Å². The Labute approximate surface area is 125 Å². The molecule has 0 radical (unpaired) electrons. The molecule has 110 valence electrons. The van der Waals surface area contributed by atoms with Gasteiger partial charge in [-0.05, 0) is 13.0 Å². The first-order valence-corrected chi connectivity index (χ1v) is 7.48. The molecule has 1 N–H and O–H groups in total. The Balaban J connectivity index is 1.69. The van der Waals surface area contributed by atoms with Crippen LogP contribution in [0.3, 0.4) is 0 Å². The van der Waals surface area contributed by atoms with Crippen LogP contribution in [0.25, 0.3) is 10.1 Å². The lowest BCUT2D eigenvalue weighted by Gasteiger charge is -2.47. The SMILES string of the molecule is CC1(OCC(=O)O)CN(C(=O)c2csc3ccccc23)C1. The maximum atomic E-state index is 12.5. The number of fused-ring (bicyclic) bond motifs is 1. The van der Waals surface area contributed by atoms with E-state index < -0.39 is 11.6 Å². The predicted octanol–water partition coefficient (Wildman–Crippen LogP) is 2.22. The molecule has 2 heterocycles. The van der Waals surface area contributed by atoms with Gasteiger partial charge in [-0.1, -0.05) is 18.2 Å². The first-order chi connectivity index (χ1) is 9.98. The number of rotatable bonds is 4. The van der Waals surface area contributed by atoms with E-state index in [-0.39, 0.29) is 12.5 Å². The van der Waals surface area contributed by atoms with Gasteiger partial charge in [-0.2, -0.15) is 0 Å². The third-order valence-electron chi connectivity index (χ3n) is 3.59. The number of carboxylic acid groups (broad SMARTS) is 1.